The van der Waals surface area contributed by atoms with Crippen LogP contribution in [0.3, 0.4) is 0 Å². The minimum atomic E-state index is -3.04. The molecular weight excluding hydrogens is 188 g/mol. The SMILES string of the molecule is O=[N+]([O-])c1cnc(OC(F)F)nc1. The molecule has 0 N–H and O–H groups in total. The zero-order chi connectivity index (χ0) is 9.84. The van der Waals surface area contributed by atoms with Gasteiger partial charge in [-0.1, -0.05) is 0 Å². The molecule has 0 fully saturated rings. The number of ether oxygens (including phenoxy) is 1. The zero-order valence-electron chi connectivity index (χ0n) is 6.05. The van der Waals surface area contributed by atoms with Crippen molar-refractivity contribution in [3.63, 3.8) is 0 Å². The minimum absolute atomic E-state index is 0.387. The Morgan fingerprint density at radius 2 is 2.00 bits per heavy atom. The highest BCUT2D eigenvalue weighted by atomic mass is 19.3. The average Bonchev–Trinajstić information content (AvgIpc) is 2.04. The van der Waals surface area contributed by atoms with Crippen LogP contribution in [-0.4, -0.2) is 21.5 Å². The smallest absolute Gasteiger partial charge is 0.389 e. The van der Waals surface area contributed by atoms with Gasteiger partial charge >= 0.3 is 18.3 Å². The first-order valence-corrected chi connectivity index (χ1v) is 3.01. The molecule has 0 saturated carbocycles. The lowest BCUT2D eigenvalue weighted by atomic mass is 10.6. The minimum Gasteiger partial charge on any atom is -0.401 e. The molecule has 0 amide bonds. The molecule has 0 aliphatic rings. The third-order valence-corrected chi connectivity index (χ3v) is 1.02. The van der Waals surface area contributed by atoms with Gasteiger partial charge in [-0.25, -0.2) is 0 Å². The van der Waals surface area contributed by atoms with Gasteiger partial charge in [0.15, 0.2) is 0 Å². The number of hydrogen-bond acceptors (Lipinski definition) is 5. The Kier molecular flexibility index (Phi) is 2.62. The lowest BCUT2D eigenvalue weighted by Gasteiger charge is -1.99. The Labute approximate surface area is 70.3 Å². The van der Waals surface area contributed by atoms with Crippen molar-refractivity contribution in [3.05, 3.63) is 22.5 Å². The van der Waals surface area contributed by atoms with Crippen molar-refractivity contribution in [3.8, 4) is 6.01 Å². The molecule has 1 aromatic heterocycles. The van der Waals surface area contributed by atoms with E-state index in [-0.39, 0.29) is 5.69 Å². The third kappa shape index (κ3) is 2.58. The molecule has 6 nitrogen and oxygen atoms in total. The predicted octanol–water partition coefficient (Wildman–Crippen LogP) is 0.986. The fourth-order valence-electron chi connectivity index (χ4n) is 0.544. The van der Waals surface area contributed by atoms with Gasteiger partial charge in [0.25, 0.3) is 0 Å². The fourth-order valence-corrected chi connectivity index (χ4v) is 0.544. The van der Waals surface area contributed by atoms with Crippen LogP contribution in [0.4, 0.5) is 14.5 Å². The number of rotatable bonds is 3. The van der Waals surface area contributed by atoms with E-state index < -0.39 is 17.5 Å². The maximum atomic E-state index is 11.5. The van der Waals surface area contributed by atoms with Crippen molar-refractivity contribution in [2.75, 3.05) is 0 Å². The molecule has 1 rings (SSSR count). The number of alkyl halides is 2. The standard InChI is InChI=1S/C5H3F2N3O3/c6-4(7)13-5-8-1-3(2-9-5)10(11)12/h1-2,4H. The first-order chi connectivity index (χ1) is 6.09. The van der Waals surface area contributed by atoms with Gasteiger partial charge in [0.05, 0.1) is 4.92 Å². The van der Waals surface area contributed by atoms with Crippen molar-refractivity contribution in [2.45, 2.75) is 6.61 Å². The Hall–Kier alpha value is -1.86. The maximum absolute atomic E-state index is 11.5. The normalized spacial score (nSPS) is 10.1. The van der Waals surface area contributed by atoms with E-state index in [1.807, 2.05) is 0 Å². The van der Waals surface area contributed by atoms with Gasteiger partial charge in [0.2, 0.25) is 0 Å². The van der Waals surface area contributed by atoms with E-state index in [1.165, 1.54) is 0 Å². The molecule has 0 spiro atoms. The number of hydrogen-bond donors (Lipinski definition) is 0. The lowest BCUT2D eigenvalue weighted by Crippen LogP contribution is -2.05. The predicted molar refractivity (Wildman–Crippen MR) is 35.3 cm³/mol. The molecule has 0 aliphatic heterocycles. The molecular formula is C5H3F2N3O3. The van der Waals surface area contributed by atoms with Crippen molar-refractivity contribution >= 4 is 5.69 Å². The van der Waals surface area contributed by atoms with Gasteiger partial charge in [0, 0.05) is 0 Å². The van der Waals surface area contributed by atoms with Gasteiger partial charge < -0.3 is 4.74 Å². The van der Waals surface area contributed by atoms with Gasteiger partial charge in [-0.3, -0.25) is 10.1 Å². The Morgan fingerprint density at radius 1 is 1.46 bits per heavy atom. The lowest BCUT2D eigenvalue weighted by molar-refractivity contribution is -0.385. The van der Waals surface area contributed by atoms with Crippen LogP contribution in [0.15, 0.2) is 12.4 Å². The molecule has 1 heterocycles. The van der Waals surface area contributed by atoms with Crippen molar-refractivity contribution in [1.82, 2.24) is 9.97 Å². The van der Waals surface area contributed by atoms with Crippen LogP contribution in [0.5, 0.6) is 6.01 Å². The highest BCUT2D eigenvalue weighted by Crippen LogP contribution is 2.11. The molecule has 13 heavy (non-hydrogen) atoms. The molecule has 0 radical (unpaired) electrons. The van der Waals surface area contributed by atoms with Gasteiger partial charge in [-0.05, 0) is 0 Å². The largest absolute Gasteiger partial charge is 0.401 e. The zero-order valence-corrected chi connectivity index (χ0v) is 6.05. The summed E-state index contributed by atoms with van der Waals surface area (Å²) < 4.78 is 26.9. The summed E-state index contributed by atoms with van der Waals surface area (Å²) >= 11 is 0. The first kappa shape index (κ1) is 9.23. The highest BCUT2D eigenvalue weighted by molar-refractivity contribution is 5.21. The molecule has 0 aromatic carbocycles. The van der Waals surface area contributed by atoms with Crippen LogP contribution in [0, 0.1) is 10.1 Å². The van der Waals surface area contributed by atoms with Gasteiger partial charge in [-0.2, -0.15) is 18.7 Å². The van der Waals surface area contributed by atoms with Crippen LogP contribution in [0.1, 0.15) is 0 Å². The summed E-state index contributed by atoms with van der Waals surface area (Å²) in [5.74, 6) is 0. The quantitative estimate of drug-likeness (QED) is 0.525. The van der Waals surface area contributed by atoms with Crippen molar-refractivity contribution < 1.29 is 18.4 Å². The summed E-state index contributed by atoms with van der Waals surface area (Å²) in [6, 6.07) is -0.597. The maximum Gasteiger partial charge on any atom is 0.389 e. The molecule has 0 saturated heterocycles. The average molecular weight is 191 g/mol. The monoisotopic (exact) mass is 191 g/mol. The number of halogens is 2. The summed E-state index contributed by atoms with van der Waals surface area (Å²) in [5, 5.41) is 10.1. The summed E-state index contributed by atoms with van der Waals surface area (Å²) in [4.78, 5) is 15.7. The second-order valence-corrected chi connectivity index (χ2v) is 1.86. The number of nitrogens with zero attached hydrogens (tertiary/aromatic N) is 3. The molecule has 8 heteroatoms. The second-order valence-electron chi connectivity index (χ2n) is 1.86. The molecule has 0 atom stereocenters. The topological polar surface area (TPSA) is 78.2 Å². The highest BCUT2D eigenvalue weighted by Gasteiger charge is 2.10. The molecule has 1 aromatic rings. The van der Waals surface area contributed by atoms with E-state index in [0.717, 1.165) is 12.4 Å². The Morgan fingerprint density at radius 3 is 2.38 bits per heavy atom. The van der Waals surface area contributed by atoms with E-state index in [0.29, 0.717) is 0 Å². The van der Waals surface area contributed by atoms with Crippen molar-refractivity contribution in [1.29, 1.82) is 0 Å². The summed E-state index contributed by atoms with van der Waals surface area (Å²) in [6.45, 7) is -3.04. The third-order valence-electron chi connectivity index (χ3n) is 1.02. The van der Waals surface area contributed by atoms with Crippen molar-refractivity contribution in [2.24, 2.45) is 0 Å². The summed E-state index contributed by atoms with van der Waals surface area (Å²) in [7, 11) is 0. The Bertz CT molecular complexity index is 302. The van der Waals surface area contributed by atoms with E-state index in [4.69, 9.17) is 0 Å². The van der Waals surface area contributed by atoms with Crippen LogP contribution in [0.2, 0.25) is 0 Å². The first-order valence-electron chi connectivity index (χ1n) is 3.01. The number of nitro groups is 1. The summed E-state index contributed by atoms with van der Waals surface area (Å²) in [5.41, 5.74) is -0.387. The molecule has 0 bridgehead atoms. The Balaban J connectivity index is 2.75. The molecule has 0 unspecified atom stereocenters. The number of aromatic nitrogens is 2. The summed E-state index contributed by atoms with van der Waals surface area (Å²) in [6.07, 6.45) is 1.56. The van der Waals surface area contributed by atoms with Crippen LogP contribution >= 0.6 is 0 Å². The van der Waals surface area contributed by atoms with E-state index in [9.17, 15) is 18.9 Å². The van der Waals surface area contributed by atoms with Crippen LogP contribution in [-0.2, 0) is 0 Å². The van der Waals surface area contributed by atoms with Crippen LogP contribution < -0.4 is 4.74 Å². The molecule has 70 valence electrons. The van der Waals surface area contributed by atoms with E-state index >= 15 is 0 Å². The fraction of sp³-hybridized carbons (Fsp3) is 0.200. The van der Waals surface area contributed by atoms with Gasteiger partial charge in [0.1, 0.15) is 12.4 Å². The van der Waals surface area contributed by atoms with Crippen LogP contribution in [0.25, 0.3) is 0 Å². The molecule has 0 aliphatic carbocycles. The second kappa shape index (κ2) is 3.70. The van der Waals surface area contributed by atoms with E-state index in [2.05, 4.69) is 14.7 Å². The van der Waals surface area contributed by atoms with E-state index in [1.54, 1.807) is 0 Å². The van der Waals surface area contributed by atoms with Gasteiger partial charge in [-0.15, -0.1) is 0 Å².